The monoisotopic (exact) mass is 202 g/mol. The molecule has 1 aromatic rings. The van der Waals surface area contributed by atoms with Gasteiger partial charge in [-0.25, -0.2) is 0 Å². The molecule has 1 rings (SSSR count). The van der Waals surface area contributed by atoms with E-state index in [-0.39, 0.29) is 5.75 Å². The zero-order valence-corrected chi connectivity index (χ0v) is 7.33. The molecule has 0 atom stereocenters. The van der Waals surface area contributed by atoms with Gasteiger partial charge in [0, 0.05) is 5.56 Å². The first-order valence-corrected chi connectivity index (χ1v) is 3.73. The number of hydrogen-bond acceptors (Lipinski definition) is 3. The van der Waals surface area contributed by atoms with Crippen molar-refractivity contribution in [2.75, 3.05) is 7.11 Å². The Labute approximate surface area is 78.9 Å². The first-order valence-electron chi connectivity index (χ1n) is 3.73. The Morgan fingerprint density at radius 2 is 2.14 bits per heavy atom. The zero-order chi connectivity index (χ0) is 10.8. The van der Waals surface area contributed by atoms with E-state index in [1.165, 1.54) is 13.2 Å². The van der Waals surface area contributed by atoms with Gasteiger partial charge in [0.15, 0.2) is 17.8 Å². The smallest absolute Gasteiger partial charge is 0.327 e. The van der Waals surface area contributed by atoms with E-state index in [1.54, 1.807) is 0 Å². The lowest BCUT2D eigenvalue weighted by molar-refractivity contribution is -0.130. The molecule has 3 nitrogen and oxygen atoms in total. The number of aldehydes is 1. The molecule has 0 saturated carbocycles. The van der Waals surface area contributed by atoms with Crippen molar-refractivity contribution in [2.45, 2.75) is 5.92 Å². The van der Waals surface area contributed by atoms with Gasteiger partial charge in [0.1, 0.15) is 0 Å². The lowest BCUT2D eigenvalue weighted by atomic mass is 10.1. The van der Waals surface area contributed by atoms with E-state index >= 15 is 0 Å². The number of halogens is 2. The van der Waals surface area contributed by atoms with Crippen molar-refractivity contribution in [1.29, 1.82) is 0 Å². The summed E-state index contributed by atoms with van der Waals surface area (Å²) in [7, 11) is 1.30. The number of aromatic hydroxyl groups is 1. The summed E-state index contributed by atoms with van der Waals surface area (Å²) in [6.45, 7) is 0. The largest absolute Gasteiger partial charge is 0.504 e. The third-order valence-electron chi connectivity index (χ3n) is 1.71. The molecular formula is C9H8F2O3. The normalized spacial score (nSPS) is 11.1. The Morgan fingerprint density at radius 1 is 1.50 bits per heavy atom. The second kappa shape index (κ2) is 3.61. The summed E-state index contributed by atoms with van der Waals surface area (Å²) in [4.78, 5) is 10.0. The molecule has 5 heteroatoms. The molecule has 0 unspecified atom stereocenters. The van der Waals surface area contributed by atoms with Crippen LogP contribution in [0.3, 0.4) is 0 Å². The lowest BCUT2D eigenvalue weighted by Crippen LogP contribution is -2.14. The molecule has 1 N–H and O–H groups in total. The number of methoxy groups -OCH3 is 1. The molecule has 0 aliphatic rings. The highest BCUT2D eigenvalue weighted by atomic mass is 19.3. The van der Waals surface area contributed by atoms with Crippen LogP contribution in [0.4, 0.5) is 8.78 Å². The fourth-order valence-corrected chi connectivity index (χ4v) is 0.965. The van der Waals surface area contributed by atoms with Crippen molar-refractivity contribution in [3.63, 3.8) is 0 Å². The molecule has 0 amide bonds. The third-order valence-corrected chi connectivity index (χ3v) is 1.71. The van der Waals surface area contributed by atoms with E-state index in [1.807, 2.05) is 0 Å². The summed E-state index contributed by atoms with van der Waals surface area (Å²) in [5.74, 6) is -3.93. The van der Waals surface area contributed by atoms with E-state index < -0.39 is 23.5 Å². The van der Waals surface area contributed by atoms with Crippen LogP contribution in [0.5, 0.6) is 11.5 Å². The molecule has 1 aromatic carbocycles. The van der Waals surface area contributed by atoms with Gasteiger partial charge in [-0.05, 0) is 18.2 Å². The van der Waals surface area contributed by atoms with Crippen molar-refractivity contribution in [3.05, 3.63) is 23.8 Å². The number of carbonyl (C=O) groups is 1. The Bertz CT molecular complexity index is 350. The molecular weight excluding hydrogens is 194 g/mol. The lowest BCUT2D eigenvalue weighted by Gasteiger charge is -2.10. The number of phenolic OH excluding ortho intramolecular Hbond substituents is 1. The zero-order valence-electron chi connectivity index (χ0n) is 7.33. The molecule has 0 aromatic heterocycles. The van der Waals surface area contributed by atoms with Crippen molar-refractivity contribution in [3.8, 4) is 11.5 Å². The van der Waals surface area contributed by atoms with Crippen LogP contribution in [0.2, 0.25) is 0 Å². The van der Waals surface area contributed by atoms with Gasteiger partial charge < -0.3 is 9.84 Å². The summed E-state index contributed by atoms with van der Waals surface area (Å²) in [6.07, 6.45) is -0.478. The average Bonchev–Trinajstić information content (AvgIpc) is 2.17. The topological polar surface area (TPSA) is 46.5 Å². The second-order valence-electron chi connectivity index (χ2n) is 2.63. The Balaban J connectivity index is 3.15. The molecule has 0 aliphatic heterocycles. The Hall–Kier alpha value is -1.65. The highest BCUT2D eigenvalue weighted by Crippen LogP contribution is 2.33. The SMILES string of the molecule is COc1ccc(C(F)(F)C=O)cc1O. The molecule has 14 heavy (non-hydrogen) atoms. The van der Waals surface area contributed by atoms with Crippen molar-refractivity contribution < 1.29 is 23.4 Å². The Morgan fingerprint density at radius 3 is 2.57 bits per heavy atom. The summed E-state index contributed by atoms with van der Waals surface area (Å²) < 4.78 is 30.2. The molecule has 0 heterocycles. The van der Waals surface area contributed by atoms with Gasteiger partial charge in [0.25, 0.3) is 0 Å². The van der Waals surface area contributed by atoms with E-state index in [2.05, 4.69) is 4.74 Å². The maximum Gasteiger partial charge on any atom is 0.327 e. The van der Waals surface area contributed by atoms with Crippen molar-refractivity contribution in [1.82, 2.24) is 0 Å². The minimum atomic E-state index is -3.58. The molecule has 0 spiro atoms. The molecule has 0 aliphatic carbocycles. The first-order chi connectivity index (χ1) is 6.51. The van der Waals surface area contributed by atoms with Gasteiger partial charge in [-0.1, -0.05) is 0 Å². The number of benzene rings is 1. The predicted octanol–water partition coefficient (Wildman–Crippen LogP) is 1.69. The maximum absolute atomic E-state index is 12.8. The van der Waals surface area contributed by atoms with Gasteiger partial charge in [-0.15, -0.1) is 0 Å². The highest BCUT2D eigenvalue weighted by Gasteiger charge is 2.31. The van der Waals surface area contributed by atoms with Gasteiger partial charge in [-0.3, -0.25) is 4.79 Å². The van der Waals surface area contributed by atoms with Crippen molar-refractivity contribution >= 4 is 6.29 Å². The molecule has 76 valence electrons. The van der Waals surface area contributed by atoms with Crippen LogP contribution < -0.4 is 4.74 Å². The molecule has 0 saturated heterocycles. The van der Waals surface area contributed by atoms with Gasteiger partial charge in [0.05, 0.1) is 7.11 Å². The number of phenols is 1. The predicted molar refractivity (Wildman–Crippen MR) is 44.6 cm³/mol. The van der Waals surface area contributed by atoms with Crippen LogP contribution in [0.1, 0.15) is 5.56 Å². The number of ether oxygens (including phenoxy) is 1. The van der Waals surface area contributed by atoms with Crippen molar-refractivity contribution in [2.24, 2.45) is 0 Å². The van der Waals surface area contributed by atoms with E-state index in [9.17, 15) is 18.7 Å². The summed E-state index contributed by atoms with van der Waals surface area (Å²) in [5.41, 5.74) is -0.564. The van der Waals surface area contributed by atoms with Gasteiger partial charge in [-0.2, -0.15) is 8.78 Å². The molecule has 0 fully saturated rings. The van der Waals surface area contributed by atoms with Crippen LogP contribution >= 0.6 is 0 Å². The van der Waals surface area contributed by atoms with Gasteiger partial charge >= 0.3 is 5.92 Å². The van der Waals surface area contributed by atoms with E-state index in [0.29, 0.717) is 0 Å². The number of carbonyl (C=O) groups excluding carboxylic acids is 1. The van der Waals surface area contributed by atoms with Crippen LogP contribution in [-0.4, -0.2) is 18.5 Å². The molecule has 0 bridgehead atoms. The van der Waals surface area contributed by atoms with Crippen LogP contribution in [0.25, 0.3) is 0 Å². The minimum Gasteiger partial charge on any atom is -0.504 e. The highest BCUT2D eigenvalue weighted by molar-refractivity contribution is 5.64. The average molecular weight is 202 g/mol. The second-order valence-corrected chi connectivity index (χ2v) is 2.63. The Kier molecular flexibility index (Phi) is 2.69. The molecule has 0 radical (unpaired) electrons. The number of hydrogen-bond donors (Lipinski definition) is 1. The third kappa shape index (κ3) is 1.81. The minimum absolute atomic E-state index is 0.0791. The summed E-state index contributed by atoms with van der Waals surface area (Å²) >= 11 is 0. The van der Waals surface area contributed by atoms with E-state index in [4.69, 9.17) is 0 Å². The van der Waals surface area contributed by atoms with E-state index in [0.717, 1.165) is 12.1 Å². The van der Waals surface area contributed by atoms with Crippen LogP contribution in [-0.2, 0) is 10.7 Å². The standard InChI is InChI=1S/C9H8F2O3/c1-14-8-3-2-6(4-7(8)13)9(10,11)5-12/h2-5,13H,1H3. The fraction of sp³-hybridized carbons (Fsp3) is 0.222. The van der Waals surface area contributed by atoms with Crippen LogP contribution in [0, 0.1) is 0 Å². The maximum atomic E-state index is 12.8. The number of alkyl halides is 2. The summed E-state index contributed by atoms with van der Waals surface area (Å²) in [6, 6.07) is 2.99. The van der Waals surface area contributed by atoms with Crippen LogP contribution in [0.15, 0.2) is 18.2 Å². The quantitative estimate of drug-likeness (QED) is 0.758. The summed E-state index contributed by atoms with van der Waals surface area (Å²) in [5, 5.41) is 9.18. The first kappa shape index (κ1) is 10.4. The van der Waals surface area contributed by atoms with Gasteiger partial charge in [0.2, 0.25) is 0 Å². The number of rotatable bonds is 3. The fourth-order valence-electron chi connectivity index (χ4n) is 0.965.